The molecule has 0 radical (unpaired) electrons. The number of ketones is 1. The monoisotopic (exact) mass is 229 g/mol. The predicted octanol–water partition coefficient (Wildman–Crippen LogP) is 2.81. The van der Waals surface area contributed by atoms with Crippen LogP contribution in [0.15, 0.2) is 30.2 Å². The highest BCUT2D eigenvalue weighted by atomic mass is 16.6. The van der Waals surface area contributed by atoms with E-state index in [4.69, 9.17) is 14.7 Å². The molecule has 0 saturated heterocycles. The van der Waals surface area contributed by atoms with E-state index < -0.39 is 0 Å². The molecule has 86 valence electrons. The lowest BCUT2D eigenvalue weighted by molar-refractivity contribution is 0.0981. The lowest BCUT2D eigenvalue weighted by atomic mass is 10.1. The summed E-state index contributed by atoms with van der Waals surface area (Å²) in [6.45, 7) is 1.96. The van der Waals surface area contributed by atoms with Crippen LogP contribution >= 0.6 is 0 Å². The maximum Gasteiger partial charge on any atom is 0.239 e. The van der Waals surface area contributed by atoms with Crippen molar-refractivity contribution < 1.29 is 14.3 Å². The summed E-state index contributed by atoms with van der Waals surface area (Å²) < 4.78 is 10.5. The number of carbonyl (C=O) groups excluding carboxylic acids is 1. The van der Waals surface area contributed by atoms with E-state index in [9.17, 15) is 4.79 Å². The Bertz CT molecular complexity index is 526. The fourth-order valence-corrected chi connectivity index (χ4v) is 1.54. The van der Waals surface area contributed by atoms with Gasteiger partial charge in [-0.15, -0.1) is 0 Å². The van der Waals surface area contributed by atoms with E-state index >= 15 is 0 Å². The van der Waals surface area contributed by atoms with Gasteiger partial charge in [0, 0.05) is 12.0 Å². The van der Waals surface area contributed by atoms with Crippen LogP contribution in [0, 0.1) is 11.3 Å². The summed E-state index contributed by atoms with van der Waals surface area (Å²) in [5, 5.41) is 8.65. The number of fused-ring (bicyclic) bond motifs is 1. The summed E-state index contributed by atoms with van der Waals surface area (Å²) in [4.78, 5) is 11.7. The first-order valence-corrected chi connectivity index (χ1v) is 5.36. The van der Waals surface area contributed by atoms with Gasteiger partial charge in [0.2, 0.25) is 5.76 Å². The number of hydrogen-bond donors (Lipinski definition) is 0. The van der Waals surface area contributed by atoms with Crippen LogP contribution in [0.4, 0.5) is 0 Å². The fraction of sp³-hybridized carbons (Fsp3) is 0.231. The van der Waals surface area contributed by atoms with Crippen LogP contribution < -0.4 is 9.47 Å². The maximum atomic E-state index is 11.7. The van der Waals surface area contributed by atoms with Crippen molar-refractivity contribution in [2.45, 2.75) is 19.8 Å². The topological polar surface area (TPSA) is 59.3 Å². The Morgan fingerprint density at radius 3 is 2.94 bits per heavy atom. The second-order valence-electron chi connectivity index (χ2n) is 3.65. The third-order valence-corrected chi connectivity index (χ3v) is 2.37. The molecule has 17 heavy (non-hydrogen) atoms. The Kier molecular flexibility index (Phi) is 3.10. The molecule has 0 aliphatic carbocycles. The zero-order valence-corrected chi connectivity index (χ0v) is 9.40. The zero-order chi connectivity index (χ0) is 12.3. The highest BCUT2D eigenvalue weighted by molar-refractivity contribution is 5.96. The Labute approximate surface area is 99.1 Å². The van der Waals surface area contributed by atoms with Gasteiger partial charge in [-0.1, -0.05) is 6.92 Å². The molecule has 0 atom stereocenters. The van der Waals surface area contributed by atoms with Crippen LogP contribution in [0.5, 0.6) is 11.5 Å². The molecule has 1 aliphatic heterocycles. The lowest BCUT2D eigenvalue weighted by Gasteiger charge is -2.15. The highest BCUT2D eigenvalue weighted by Gasteiger charge is 2.16. The summed E-state index contributed by atoms with van der Waals surface area (Å²) in [5.41, 5.74) is 0.600. The van der Waals surface area contributed by atoms with E-state index in [0.29, 0.717) is 23.5 Å². The third kappa shape index (κ3) is 2.28. The number of benzene rings is 1. The standard InChI is InChI=1S/C13H11NO3/c1-2-3-11(15)9-4-5-12-13(6-9)16-8-10(7-14)17-12/h4-6,8H,2-3H2,1H3. The molecular formula is C13H11NO3. The summed E-state index contributed by atoms with van der Waals surface area (Å²) in [6, 6.07) is 6.81. The molecule has 1 aromatic carbocycles. The minimum Gasteiger partial charge on any atom is -0.456 e. The molecule has 0 unspecified atom stereocenters. The van der Waals surface area contributed by atoms with Gasteiger partial charge in [-0.3, -0.25) is 4.79 Å². The molecule has 1 aromatic rings. The number of rotatable bonds is 3. The molecule has 0 aromatic heterocycles. The molecule has 1 aliphatic rings. The smallest absolute Gasteiger partial charge is 0.239 e. The summed E-state index contributed by atoms with van der Waals surface area (Å²) in [5.74, 6) is 1.10. The van der Waals surface area contributed by atoms with Crippen molar-refractivity contribution in [3.05, 3.63) is 35.8 Å². The first-order valence-electron chi connectivity index (χ1n) is 5.36. The zero-order valence-electron chi connectivity index (χ0n) is 9.40. The van der Waals surface area contributed by atoms with Gasteiger partial charge in [-0.05, 0) is 24.6 Å². The maximum absolute atomic E-state index is 11.7. The normalized spacial score (nSPS) is 12.6. The van der Waals surface area contributed by atoms with E-state index in [1.165, 1.54) is 6.26 Å². The molecule has 0 N–H and O–H groups in total. The van der Waals surface area contributed by atoms with Crippen molar-refractivity contribution in [3.8, 4) is 17.6 Å². The van der Waals surface area contributed by atoms with Gasteiger partial charge in [0.25, 0.3) is 0 Å². The van der Waals surface area contributed by atoms with E-state index in [2.05, 4.69) is 0 Å². The van der Waals surface area contributed by atoms with Gasteiger partial charge in [-0.25, -0.2) is 0 Å². The first kappa shape index (κ1) is 11.2. The van der Waals surface area contributed by atoms with Gasteiger partial charge < -0.3 is 9.47 Å². The molecule has 1 heterocycles. The molecule has 0 bridgehead atoms. The number of carbonyl (C=O) groups is 1. The van der Waals surface area contributed by atoms with Crippen molar-refractivity contribution in [1.29, 1.82) is 5.26 Å². The van der Waals surface area contributed by atoms with Crippen molar-refractivity contribution >= 4 is 5.78 Å². The highest BCUT2D eigenvalue weighted by Crippen LogP contribution is 2.33. The fourth-order valence-electron chi connectivity index (χ4n) is 1.54. The van der Waals surface area contributed by atoms with Crippen LogP contribution in [0.1, 0.15) is 30.1 Å². The van der Waals surface area contributed by atoms with E-state index in [1.807, 2.05) is 13.0 Å². The first-order chi connectivity index (χ1) is 8.24. The van der Waals surface area contributed by atoms with Crippen molar-refractivity contribution in [2.75, 3.05) is 0 Å². The summed E-state index contributed by atoms with van der Waals surface area (Å²) >= 11 is 0. The van der Waals surface area contributed by atoms with E-state index in [0.717, 1.165) is 6.42 Å². The Hall–Kier alpha value is -2.28. The number of Topliss-reactive ketones (excluding diaryl/α,β-unsaturated/α-hetero) is 1. The molecule has 0 saturated carbocycles. The van der Waals surface area contributed by atoms with Gasteiger partial charge in [0.05, 0.1) is 0 Å². The molecular weight excluding hydrogens is 218 g/mol. The van der Waals surface area contributed by atoms with Crippen molar-refractivity contribution in [1.82, 2.24) is 0 Å². The van der Waals surface area contributed by atoms with Crippen LogP contribution in [0.3, 0.4) is 0 Å². The summed E-state index contributed by atoms with van der Waals surface area (Å²) in [6.07, 6.45) is 2.56. The Morgan fingerprint density at radius 2 is 2.24 bits per heavy atom. The predicted molar refractivity (Wildman–Crippen MR) is 60.6 cm³/mol. The van der Waals surface area contributed by atoms with Crippen LogP contribution in [0.25, 0.3) is 0 Å². The molecule has 0 spiro atoms. The van der Waals surface area contributed by atoms with Gasteiger partial charge in [0.15, 0.2) is 17.3 Å². The van der Waals surface area contributed by atoms with Gasteiger partial charge >= 0.3 is 0 Å². The average Bonchev–Trinajstić information content (AvgIpc) is 2.37. The van der Waals surface area contributed by atoms with Crippen molar-refractivity contribution in [2.24, 2.45) is 0 Å². The summed E-state index contributed by atoms with van der Waals surface area (Å²) in [7, 11) is 0. The van der Waals surface area contributed by atoms with Crippen LogP contribution in [0.2, 0.25) is 0 Å². The quantitative estimate of drug-likeness (QED) is 0.748. The minimum atomic E-state index is 0.0777. The Morgan fingerprint density at radius 1 is 1.41 bits per heavy atom. The van der Waals surface area contributed by atoms with Gasteiger partial charge in [-0.2, -0.15) is 5.26 Å². The largest absolute Gasteiger partial charge is 0.456 e. The Balaban J connectivity index is 2.25. The number of ether oxygens (including phenoxy) is 2. The molecule has 4 nitrogen and oxygen atoms in total. The molecule has 0 amide bonds. The van der Waals surface area contributed by atoms with E-state index in [-0.39, 0.29) is 11.5 Å². The SMILES string of the molecule is CCCC(=O)c1ccc2c(c1)OC=C(C#N)O2. The van der Waals surface area contributed by atoms with Crippen LogP contribution in [-0.2, 0) is 0 Å². The molecule has 4 heteroatoms. The van der Waals surface area contributed by atoms with E-state index in [1.54, 1.807) is 18.2 Å². The lowest BCUT2D eigenvalue weighted by Crippen LogP contribution is -2.05. The molecule has 2 rings (SSSR count). The number of hydrogen-bond acceptors (Lipinski definition) is 4. The van der Waals surface area contributed by atoms with Crippen molar-refractivity contribution in [3.63, 3.8) is 0 Å². The van der Waals surface area contributed by atoms with Gasteiger partial charge in [0.1, 0.15) is 12.3 Å². The second kappa shape index (κ2) is 4.71. The number of allylic oxidation sites excluding steroid dienone is 1. The third-order valence-electron chi connectivity index (χ3n) is 2.37. The second-order valence-corrected chi connectivity index (χ2v) is 3.65. The minimum absolute atomic E-state index is 0.0777. The average molecular weight is 229 g/mol. The number of nitriles is 1. The molecule has 0 fully saturated rings. The van der Waals surface area contributed by atoms with Crippen LogP contribution in [-0.4, -0.2) is 5.78 Å². The number of nitrogens with zero attached hydrogens (tertiary/aromatic N) is 1.